The first-order chi connectivity index (χ1) is 36.5. The van der Waals surface area contributed by atoms with E-state index in [1.807, 2.05) is 0 Å². The highest BCUT2D eigenvalue weighted by molar-refractivity contribution is 5.78. The summed E-state index contributed by atoms with van der Waals surface area (Å²) >= 11 is 0. The number of nitrogens with zero attached hydrogens (tertiary/aromatic N) is 1. The van der Waals surface area contributed by atoms with Crippen molar-refractivity contribution in [1.29, 1.82) is 0 Å². The minimum absolute atomic E-state index is 0.111. The largest absolute Gasteiger partial charge is 0.478 e. The maximum absolute atomic E-state index is 13.0. The molecule has 0 atom stereocenters. The summed E-state index contributed by atoms with van der Waals surface area (Å²) in [5.41, 5.74) is -0.837. The van der Waals surface area contributed by atoms with E-state index in [9.17, 15) is 9.59 Å². The van der Waals surface area contributed by atoms with Gasteiger partial charge in [0.05, 0.1) is 0 Å². The smallest absolute Gasteiger partial charge is 0.305 e. The van der Waals surface area contributed by atoms with Crippen molar-refractivity contribution in [1.82, 2.24) is 0 Å². The van der Waals surface area contributed by atoms with Crippen LogP contribution in [0.3, 0.4) is 0 Å². The van der Waals surface area contributed by atoms with Crippen molar-refractivity contribution >= 4 is 17.8 Å². The van der Waals surface area contributed by atoms with Gasteiger partial charge >= 0.3 is 11.9 Å². The number of aliphatic imine (C=N–C) groups is 1. The molecule has 1 aliphatic rings. The quantitative estimate of drug-likeness (QED) is 0.0448. The van der Waals surface area contributed by atoms with Crippen molar-refractivity contribution in [2.24, 2.45) is 4.99 Å². The van der Waals surface area contributed by atoms with Crippen LogP contribution in [0.25, 0.3) is 0 Å². The van der Waals surface area contributed by atoms with Gasteiger partial charge in [0.15, 0.2) is 11.4 Å². The van der Waals surface area contributed by atoms with Gasteiger partial charge in [-0.1, -0.05) is 355 Å². The molecule has 1 heterocycles. The third kappa shape index (κ3) is 49.9. The molecule has 0 bridgehead atoms. The molecule has 0 unspecified atom stereocenters. The van der Waals surface area contributed by atoms with Gasteiger partial charge in [0, 0.05) is 19.3 Å². The van der Waals surface area contributed by atoms with Gasteiger partial charge < -0.3 is 14.2 Å². The average Bonchev–Trinajstić information content (AvgIpc) is 3.82. The van der Waals surface area contributed by atoms with Crippen LogP contribution in [0.4, 0.5) is 0 Å². The molecule has 0 spiro atoms. The van der Waals surface area contributed by atoms with Gasteiger partial charge in [-0.05, 0) is 19.3 Å². The first kappa shape index (κ1) is 70.4. The van der Waals surface area contributed by atoms with Gasteiger partial charge in [-0.2, -0.15) is 0 Å². The van der Waals surface area contributed by atoms with Crippen molar-refractivity contribution in [2.75, 3.05) is 19.8 Å². The molecule has 0 amide bonds. The lowest BCUT2D eigenvalue weighted by Crippen LogP contribution is -2.41. The lowest BCUT2D eigenvalue weighted by Gasteiger charge is -2.23. The van der Waals surface area contributed by atoms with Gasteiger partial charge in [-0.3, -0.25) is 9.59 Å². The summed E-state index contributed by atoms with van der Waals surface area (Å²) in [6.45, 7) is 7.41. The fourth-order valence-electron chi connectivity index (χ4n) is 11.1. The van der Waals surface area contributed by atoms with Gasteiger partial charge in [0.25, 0.3) is 0 Å². The minimum atomic E-state index is -0.837. The summed E-state index contributed by atoms with van der Waals surface area (Å²) in [4.78, 5) is 30.9. The summed E-state index contributed by atoms with van der Waals surface area (Å²) in [5.74, 6) is 0.387. The molecule has 1 aliphatic heterocycles. The second-order valence-electron chi connectivity index (χ2n) is 24.0. The number of rotatable bonds is 62. The third-order valence-corrected chi connectivity index (χ3v) is 16.3. The van der Waals surface area contributed by atoms with Crippen LogP contribution in [0.5, 0.6) is 0 Å². The average molecular weight is 1040 g/mol. The van der Waals surface area contributed by atoms with E-state index in [4.69, 9.17) is 19.2 Å². The summed E-state index contributed by atoms with van der Waals surface area (Å²) in [6.07, 6.45) is 75.5. The number of ether oxygens (including phenoxy) is 3. The van der Waals surface area contributed by atoms with E-state index >= 15 is 0 Å². The van der Waals surface area contributed by atoms with E-state index in [-0.39, 0.29) is 25.2 Å². The first-order valence-electron chi connectivity index (χ1n) is 34.1. The van der Waals surface area contributed by atoms with E-state index < -0.39 is 5.54 Å². The molecule has 6 heteroatoms. The van der Waals surface area contributed by atoms with Crippen LogP contribution in [-0.4, -0.2) is 43.2 Å². The Kier molecular flexibility index (Phi) is 54.8. The Bertz CT molecular complexity index is 1130. The van der Waals surface area contributed by atoms with Crippen LogP contribution in [-0.2, 0) is 23.8 Å². The van der Waals surface area contributed by atoms with Gasteiger partial charge in [-0.15, -0.1) is 0 Å². The molecule has 0 fully saturated rings. The maximum Gasteiger partial charge on any atom is 0.305 e. The molecule has 0 aliphatic carbocycles. The molecule has 6 nitrogen and oxygen atoms in total. The van der Waals surface area contributed by atoms with Crippen molar-refractivity contribution in [3.63, 3.8) is 0 Å². The molecule has 0 N–H and O–H groups in total. The molecular formula is C68H131NO5. The van der Waals surface area contributed by atoms with Crippen LogP contribution < -0.4 is 0 Å². The summed E-state index contributed by atoms with van der Waals surface area (Å²) in [7, 11) is 0. The molecule has 438 valence electrons. The number of esters is 2. The van der Waals surface area contributed by atoms with Crippen molar-refractivity contribution in [2.45, 2.75) is 399 Å². The van der Waals surface area contributed by atoms with E-state index in [0.29, 0.717) is 19.4 Å². The van der Waals surface area contributed by atoms with Crippen LogP contribution in [0.2, 0.25) is 0 Å². The number of hydrogen-bond acceptors (Lipinski definition) is 6. The molecule has 0 aromatic heterocycles. The van der Waals surface area contributed by atoms with Gasteiger partial charge in [0.1, 0.15) is 19.8 Å². The van der Waals surface area contributed by atoms with Crippen LogP contribution >= 0.6 is 0 Å². The molecular weight excluding hydrogens is 911 g/mol. The molecule has 0 saturated heterocycles. The predicted molar refractivity (Wildman–Crippen MR) is 323 cm³/mol. The van der Waals surface area contributed by atoms with Crippen molar-refractivity contribution in [3.8, 4) is 0 Å². The molecule has 0 aromatic carbocycles. The standard InChI is InChI=1S/C68H131NO5/c1-4-7-10-13-16-19-22-25-28-31-34-35-38-41-44-47-50-53-56-59-65-69-68(62-72-65,63-73-66(70)60-57-54-51-48-45-42-39-36-32-29-26-23-20-17-14-11-8-5-2)64-74-67(71)61-58-55-52-49-46-43-40-37-33-30-27-24-21-18-15-12-9-6-3/h4-64H2,1-3H3. The second-order valence-corrected chi connectivity index (χ2v) is 24.0. The highest BCUT2D eigenvalue weighted by Gasteiger charge is 2.40. The highest BCUT2D eigenvalue weighted by atomic mass is 16.6. The van der Waals surface area contributed by atoms with Gasteiger partial charge in [-0.25, -0.2) is 4.99 Å². The Hall–Kier alpha value is -1.59. The molecule has 74 heavy (non-hydrogen) atoms. The number of unbranched alkanes of at least 4 members (excludes halogenated alkanes) is 52. The van der Waals surface area contributed by atoms with Crippen LogP contribution in [0.15, 0.2) is 4.99 Å². The van der Waals surface area contributed by atoms with E-state index in [0.717, 1.165) is 44.4 Å². The third-order valence-electron chi connectivity index (χ3n) is 16.3. The normalized spacial score (nSPS) is 13.1. The predicted octanol–water partition coefficient (Wildman–Crippen LogP) is 22.9. The lowest BCUT2D eigenvalue weighted by atomic mass is 10.0. The van der Waals surface area contributed by atoms with Crippen molar-refractivity contribution in [3.05, 3.63) is 0 Å². The lowest BCUT2D eigenvalue weighted by molar-refractivity contribution is -0.150. The van der Waals surface area contributed by atoms with E-state index in [1.54, 1.807) is 0 Å². The minimum Gasteiger partial charge on any atom is -0.478 e. The Balaban J connectivity index is 2.29. The summed E-state index contributed by atoms with van der Waals surface area (Å²) in [5, 5.41) is 0. The first-order valence-corrected chi connectivity index (χ1v) is 34.1. The Morgan fingerprint density at radius 2 is 0.527 bits per heavy atom. The van der Waals surface area contributed by atoms with E-state index in [2.05, 4.69) is 20.8 Å². The maximum atomic E-state index is 13.0. The van der Waals surface area contributed by atoms with E-state index in [1.165, 1.54) is 321 Å². The molecule has 1 rings (SSSR count). The summed E-state index contributed by atoms with van der Waals surface area (Å²) < 4.78 is 17.9. The Morgan fingerprint density at radius 1 is 0.324 bits per heavy atom. The highest BCUT2D eigenvalue weighted by Crippen LogP contribution is 2.25. The topological polar surface area (TPSA) is 74.2 Å². The second kappa shape index (κ2) is 57.6. The zero-order valence-corrected chi connectivity index (χ0v) is 50.6. The fraction of sp³-hybridized carbons (Fsp3) is 0.956. The zero-order valence-electron chi connectivity index (χ0n) is 50.6. The summed E-state index contributed by atoms with van der Waals surface area (Å²) in [6, 6.07) is 0. The number of carbonyl (C=O) groups excluding carboxylic acids is 2. The number of carbonyl (C=O) groups is 2. The Morgan fingerprint density at radius 3 is 0.757 bits per heavy atom. The SMILES string of the molecule is CCCCCCCCCCCCCCCCCCCCCC1=NC(COC(=O)CCCCCCCCCCCCCCCCCCCC)(COC(=O)CCCCCCCCCCCCCCCCCCCC)CO1. The zero-order chi connectivity index (χ0) is 53.2. The Labute approximate surface area is 463 Å². The monoisotopic (exact) mass is 1040 g/mol. The number of hydrogen-bond donors (Lipinski definition) is 0. The molecule has 0 aromatic rings. The van der Waals surface area contributed by atoms with Crippen LogP contribution in [0.1, 0.15) is 393 Å². The molecule has 0 radical (unpaired) electrons. The van der Waals surface area contributed by atoms with Crippen LogP contribution in [0, 0.1) is 0 Å². The molecule has 0 saturated carbocycles. The van der Waals surface area contributed by atoms with Crippen molar-refractivity contribution < 1.29 is 23.8 Å². The fourth-order valence-corrected chi connectivity index (χ4v) is 11.1. The van der Waals surface area contributed by atoms with Gasteiger partial charge in [0.2, 0.25) is 0 Å².